The second-order valence-electron chi connectivity index (χ2n) is 5.14. The van der Waals surface area contributed by atoms with Gasteiger partial charge in [0.05, 0.1) is 20.6 Å². The van der Waals surface area contributed by atoms with Crippen molar-refractivity contribution in [3.63, 3.8) is 0 Å². The van der Waals surface area contributed by atoms with Gasteiger partial charge in [0.1, 0.15) is 0 Å². The van der Waals surface area contributed by atoms with Crippen molar-refractivity contribution >= 4 is 29.6 Å². The summed E-state index contributed by atoms with van der Waals surface area (Å²) >= 11 is 0. The van der Waals surface area contributed by atoms with Crippen molar-refractivity contribution in [3.8, 4) is 0 Å². The maximum atomic E-state index is 2.28. The third-order valence-corrected chi connectivity index (χ3v) is 3.03. The molecular weight excluding hydrogens is 285 g/mol. The predicted octanol–water partition coefficient (Wildman–Crippen LogP) is -0.325. The molecule has 0 aliphatic carbocycles. The van der Waals surface area contributed by atoms with Crippen molar-refractivity contribution in [1.29, 1.82) is 0 Å². The Labute approximate surface area is 142 Å². The van der Waals surface area contributed by atoms with Gasteiger partial charge in [-0.3, -0.25) is 0 Å². The summed E-state index contributed by atoms with van der Waals surface area (Å²) in [7, 11) is 4.49. The Kier molecular flexibility index (Phi) is 27.4. The third kappa shape index (κ3) is 23.0. The molecule has 0 aromatic rings. The van der Waals surface area contributed by atoms with E-state index in [1.807, 2.05) is 0 Å². The zero-order chi connectivity index (χ0) is 11.4. The fraction of sp³-hybridized carbons (Fsp3) is 1.00. The van der Waals surface area contributed by atoms with E-state index >= 15 is 0 Å². The second-order valence-corrected chi connectivity index (χ2v) is 5.14. The van der Waals surface area contributed by atoms with Crippen LogP contribution in [0.1, 0.15) is 71.1 Å². The average molecular weight is 317 g/mol. The molecule has 0 aliphatic heterocycles. The maximum absolute atomic E-state index is 2.28. The molecule has 1 radical (unpaired) electrons. The number of quaternary nitrogens is 1. The van der Waals surface area contributed by atoms with Crippen molar-refractivity contribution in [2.45, 2.75) is 71.1 Å². The summed E-state index contributed by atoms with van der Waals surface area (Å²) in [6.45, 7) is 3.63. The summed E-state index contributed by atoms with van der Waals surface area (Å²) < 4.78 is 0. The minimum absolute atomic E-state index is 0. The molecule has 0 saturated carbocycles. The van der Waals surface area contributed by atoms with Gasteiger partial charge in [0.15, 0.2) is 0 Å². The van der Waals surface area contributed by atoms with E-state index in [0.717, 1.165) is 0 Å². The Morgan fingerprint density at radius 2 is 1.00 bits per heavy atom. The van der Waals surface area contributed by atoms with Gasteiger partial charge in [0.2, 0.25) is 0 Å². The van der Waals surface area contributed by atoms with Gasteiger partial charge in [0, 0.05) is 29.6 Å². The van der Waals surface area contributed by atoms with Crippen molar-refractivity contribution in [1.82, 2.24) is 0 Å². The van der Waals surface area contributed by atoms with Gasteiger partial charge in [-0.2, -0.15) is 0 Å². The first-order chi connectivity index (χ1) is 7.27. The number of unbranched alkanes of at least 4 members (excludes halogenated alkanes) is 9. The summed E-state index contributed by atoms with van der Waals surface area (Å²) in [5.41, 5.74) is 0. The number of hydrogen-bond donors (Lipinski definition) is 1. The number of rotatable bonds is 11. The van der Waals surface area contributed by atoms with Gasteiger partial charge in [0.25, 0.3) is 0 Å². The first-order valence-electron chi connectivity index (χ1n) is 7.06. The van der Waals surface area contributed by atoms with Gasteiger partial charge in [-0.1, -0.05) is 58.3 Å². The normalized spacial score (nSPS) is 9.88. The largest absolute Gasteiger partial charge is 1.00 e. The minimum Gasteiger partial charge on any atom is -1.00 e. The van der Waals surface area contributed by atoms with Crippen molar-refractivity contribution < 1.29 is 21.9 Å². The summed E-state index contributed by atoms with van der Waals surface area (Å²) in [5.74, 6) is 0. The molecule has 0 aliphatic rings. The summed E-state index contributed by atoms with van der Waals surface area (Å²) in [5, 5.41) is 0. The molecule has 0 rings (SSSR count). The van der Waals surface area contributed by atoms with Crippen molar-refractivity contribution in [2.75, 3.05) is 20.6 Å². The van der Waals surface area contributed by atoms with E-state index in [0.29, 0.717) is 0 Å². The van der Waals surface area contributed by atoms with E-state index in [-0.39, 0.29) is 46.5 Å². The van der Waals surface area contributed by atoms with Crippen LogP contribution in [-0.2, 0) is 0 Å². The molecule has 0 bridgehead atoms. The monoisotopic (exact) mass is 316 g/mol. The number of nitrogens with one attached hydrogen (secondary N) is 1. The maximum Gasteiger partial charge on any atom is 0.0766 e. The molecule has 1 nitrogen and oxygen atoms in total. The molecule has 0 unspecified atom stereocenters. The molecular formula is C14H32BrNNa. The van der Waals surface area contributed by atoms with E-state index < -0.39 is 0 Å². The van der Waals surface area contributed by atoms with E-state index in [2.05, 4.69) is 21.0 Å². The Balaban J connectivity index is -0.000000980. The molecule has 0 saturated heterocycles. The third-order valence-electron chi connectivity index (χ3n) is 3.03. The summed E-state index contributed by atoms with van der Waals surface area (Å²) in [4.78, 5) is 1.59. The molecule has 0 spiro atoms. The minimum atomic E-state index is 0. The van der Waals surface area contributed by atoms with Crippen LogP contribution in [0.3, 0.4) is 0 Å². The van der Waals surface area contributed by atoms with Crippen LogP contribution in [0.5, 0.6) is 0 Å². The van der Waals surface area contributed by atoms with E-state index in [1.54, 1.807) is 4.90 Å². The quantitative estimate of drug-likeness (QED) is 0.393. The van der Waals surface area contributed by atoms with Crippen LogP contribution in [0, 0.1) is 0 Å². The van der Waals surface area contributed by atoms with Crippen LogP contribution in [0.15, 0.2) is 0 Å². The second kappa shape index (κ2) is 19.8. The fourth-order valence-corrected chi connectivity index (χ4v) is 1.97. The van der Waals surface area contributed by atoms with Gasteiger partial charge in [-0.25, -0.2) is 0 Å². The number of halogens is 1. The van der Waals surface area contributed by atoms with E-state index in [4.69, 9.17) is 0 Å². The first-order valence-corrected chi connectivity index (χ1v) is 7.06. The number of hydrogen-bond acceptors (Lipinski definition) is 0. The van der Waals surface area contributed by atoms with Gasteiger partial charge in [-0.05, 0) is 12.8 Å². The predicted molar refractivity (Wildman–Crippen MR) is 75.3 cm³/mol. The Morgan fingerprint density at radius 1 is 0.647 bits per heavy atom. The van der Waals surface area contributed by atoms with Crippen LogP contribution in [-0.4, -0.2) is 50.2 Å². The average Bonchev–Trinajstić information content (AvgIpc) is 2.20. The van der Waals surface area contributed by atoms with E-state index in [9.17, 15) is 0 Å². The molecule has 0 aromatic heterocycles. The Morgan fingerprint density at radius 3 is 1.35 bits per heavy atom. The van der Waals surface area contributed by atoms with Crippen LogP contribution >= 0.6 is 0 Å². The molecule has 0 fully saturated rings. The SMILES string of the molecule is CCCCCCCCCCCC[NH+](C)C.[Br-].[Na]. The first kappa shape index (κ1) is 23.5. The summed E-state index contributed by atoms with van der Waals surface area (Å²) in [6.07, 6.45) is 14.5. The smallest absolute Gasteiger partial charge is 0.0766 e. The molecule has 17 heavy (non-hydrogen) atoms. The molecule has 101 valence electrons. The molecule has 1 N–H and O–H groups in total. The van der Waals surface area contributed by atoms with Gasteiger partial charge in [-0.15, -0.1) is 0 Å². The molecule has 0 heterocycles. The van der Waals surface area contributed by atoms with Crippen molar-refractivity contribution in [3.05, 3.63) is 0 Å². The van der Waals surface area contributed by atoms with E-state index in [1.165, 1.54) is 70.8 Å². The van der Waals surface area contributed by atoms with Crippen LogP contribution in [0.2, 0.25) is 0 Å². The fourth-order valence-electron chi connectivity index (χ4n) is 1.97. The zero-order valence-corrected chi connectivity index (χ0v) is 16.2. The van der Waals surface area contributed by atoms with Crippen LogP contribution in [0.25, 0.3) is 0 Å². The van der Waals surface area contributed by atoms with Crippen molar-refractivity contribution in [2.24, 2.45) is 0 Å². The molecule has 3 heteroatoms. The zero-order valence-electron chi connectivity index (χ0n) is 12.7. The van der Waals surface area contributed by atoms with Crippen LogP contribution in [0.4, 0.5) is 0 Å². The summed E-state index contributed by atoms with van der Waals surface area (Å²) in [6, 6.07) is 0. The van der Waals surface area contributed by atoms with Gasteiger partial charge < -0.3 is 21.9 Å². The molecule has 0 amide bonds. The standard InChI is InChI=1S/C14H31N.BrH.Na/c1-4-5-6-7-8-9-10-11-12-13-14-15(2)3;;/h4-14H2,1-3H3;1H;. The molecule has 0 atom stereocenters. The molecule has 0 aromatic carbocycles. The topological polar surface area (TPSA) is 4.44 Å². The van der Waals surface area contributed by atoms with Crippen LogP contribution < -0.4 is 21.9 Å². The Hall–Kier alpha value is 1.44. The Bertz CT molecular complexity index is 121. The van der Waals surface area contributed by atoms with Gasteiger partial charge >= 0.3 is 0 Å².